The smallest absolute Gasteiger partial charge is 0.265 e. The predicted molar refractivity (Wildman–Crippen MR) is 112 cm³/mol. The Hall–Kier alpha value is -3.19. The highest BCUT2D eigenvalue weighted by Gasteiger charge is 2.17. The summed E-state index contributed by atoms with van der Waals surface area (Å²) in [6.07, 6.45) is 0.160. The van der Waals surface area contributed by atoms with Crippen LogP contribution in [-0.2, 0) is 11.2 Å². The number of nitrogens with one attached hydrogen (secondary N) is 2. The molecule has 150 valence electrons. The van der Waals surface area contributed by atoms with Crippen LogP contribution in [-0.4, -0.2) is 32.0 Å². The number of amides is 2. The minimum Gasteiger partial charge on any atom is -0.495 e. The van der Waals surface area contributed by atoms with Gasteiger partial charge in [-0.1, -0.05) is 42.5 Å². The third-order valence-corrected chi connectivity index (χ3v) is 5.36. The van der Waals surface area contributed by atoms with E-state index in [1.165, 1.54) is 30.6 Å². The maximum Gasteiger partial charge on any atom is 0.265 e. The van der Waals surface area contributed by atoms with Gasteiger partial charge in [-0.25, -0.2) is 4.39 Å². The van der Waals surface area contributed by atoms with E-state index in [9.17, 15) is 14.0 Å². The average molecular weight is 412 g/mol. The number of rotatable bonds is 8. The van der Waals surface area contributed by atoms with Gasteiger partial charge >= 0.3 is 0 Å². The van der Waals surface area contributed by atoms with E-state index < -0.39 is 0 Å². The lowest BCUT2D eigenvalue weighted by molar-refractivity contribution is -0.120. The van der Waals surface area contributed by atoms with E-state index in [0.29, 0.717) is 17.2 Å². The maximum absolute atomic E-state index is 12.9. The standard InChI is InChI=1S/C22H21FN2O3S/c1-28-18-14-19(16-5-3-2-4-6-16)29-21(18)22(27)25-12-11-24-20(26)13-15-7-9-17(23)10-8-15/h2-10,14H,11-13H2,1H3,(H,24,26)(H,25,27). The van der Waals surface area contributed by atoms with Crippen LogP contribution >= 0.6 is 11.3 Å². The van der Waals surface area contributed by atoms with Gasteiger partial charge in [-0.15, -0.1) is 11.3 Å². The Bertz CT molecular complexity index is 971. The second kappa shape index (κ2) is 9.84. The number of thiophene rings is 1. The number of carbonyl (C=O) groups is 2. The first-order chi connectivity index (χ1) is 14.1. The van der Waals surface area contributed by atoms with Crippen molar-refractivity contribution in [3.05, 3.63) is 76.9 Å². The van der Waals surface area contributed by atoms with E-state index in [1.54, 1.807) is 12.1 Å². The fourth-order valence-corrected chi connectivity index (χ4v) is 3.78. The van der Waals surface area contributed by atoms with E-state index in [1.807, 2.05) is 36.4 Å². The summed E-state index contributed by atoms with van der Waals surface area (Å²) >= 11 is 1.36. The molecule has 0 aliphatic heterocycles. The van der Waals surface area contributed by atoms with E-state index in [4.69, 9.17) is 4.74 Å². The summed E-state index contributed by atoms with van der Waals surface area (Å²) < 4.78 is 18.2. The highest BCUT2D eigenvalue weighted by molar-refractivity contribution is 7.17. The lowest BCUT2D eigenvalue weighted by Crippen LogP contribution is -2.35. The number of hydrogen-bond acceptors (Lipinski definition) is 4. The van der Waals surface area contributed by atoms with Crippen molar-refractivity contribution in [1.29, 1.82) is 0 Å². The zero-order valence-corrected chi connectivity index (χ0v) is 16.7. The molecule has 7 heteroatoms. The van der Waals surface area contributed by atoms with Crippen molar-refractivity contribution in [2.45, 2.75) is 6.42 Å². The van der Waals surface area contributed by atoms with Crippen LogP contribution in [0, 0.1) is 5.82 Å². The van der Waals surface area contributed by atoms with Crippen molar-refractivity contribution in [1.82, 2.24) is 10.6 Å². The van der Waals surface area contributed by atoms with Gasteiger partial charge in [0.15, 0.2) is 0 Å². The Morgan fingerprint density at radius 3 is 2.38 bits per heavy atom. The molecule has 0 bridgehead atoms. The minimum absolute atomic E-state index is 0.160. The van der Waals surface area contributed by atoms with Crippen LogP contribution in [0.1, 0.15) is 15.2 Å². The highest BCUT2D eigenvalue weighted by atomic mass is 32.1. The second-order valence-electron chi connectivity index (χ2n) is 6.28. The number of benzene rings is 2. The minimum atomic E-state index is -0.337. The molecule has 1 aromatic heterocycles. The van der Waals surface area contributed by atoms with Crippen molar-refractivity contribution in [3.63, 3.8) is 0 Å². The van der Waals surface area contributed by atoms with Gasteiger partial charge in [0.1, 0.15) is 16.4 Å². The summed E-state index contributed by atoms with van der Waals surface area (Å²) in [5.41, 5.74) is 1.74. The van der Waals surface area contributed by atoms with Crippen molar-refractivity contribution in [2.24, 2.45) is 0 Å². The van der Waals surface area contributed by atoms with E-state index >= 15 is 0 Å². The zero-order valence-electron chi connectivity index (χ0n) is 15.9. The number of methoxy groups -OCH3 is 1. The highest BCUT2D eigenvalue weighted by Crippen LogP contribution is 2.36. The molecule has 2 aromatic carbocycles. The summed E-state index contributed by atoms with van der Waals surface area (Å²) in [6.45, 7) is 0.584. The van der Waals surface area contributed by atoms with Gasteiger partial charge in [-0.2, -0.15) is 0 Å². The topological polar surface area (TPSA) is 67.4 Å². The van der Waals surface area contributed by atoms with E-state index in [2.05, 4.69) is 10.6 Å². The quantitative estimate of drug-likeness (QED) is 0.555. The Labute approximate surface area is 172 Å². The molecule has 0 saturated carbocycles. The lowest BCUT2D eigenvalue weighted by Gasteiger charge is -2.07. The van der Waals surface area contributed by atoms with Crippen molar-refractivity contribution < 1.29 is 18.7 Å². The monoisotopic (exact) mass is 412 g/mol. The van der Waals surface area contributed by atoms with Crippen molar-refractivity contribution in [2.75, 3.05) is 20.2 Å². The van der Waals surface area contributed by atoms with Gasteiger partial charge in [-0.3, -0.25) is 9.59 Å². The molecule has 0 unspecified atom stereocenters. The maximum atomic E-state index is 12.9. The van der Waals surface area contributed by atoms with Crippen LogP contribution in [0.3, 0.4) is 0 Å². The van der Waals surface area contributed by atoms with Gasteiger partial charge in [0.05, 0.1) is 13.5 Å². The first kappa shape index (κ1) is 20.5. The van der Waals surface area contributed by atoms with Crippen LogP contribution in [0.2, 0.25) is 0 Å². The molecule has 2 N–H and O–H groups in total. The van der Waals surface area contributed by atoms with Gasteiger partial charge in [-0.05, 0) is 29.3 Å². The fraction of sp³-hybridized carbons (Fsp3) is 0.182. The summed E-state index contributed by atoms with van der Waals surface area (Å²) in [7, 11) is 1.53. The largest absolute Gasteiger partial charge is 0.495 e. The first-order valence-electron chi connectivity index (χ1n) is 9.09. The van der Waals surface area contributed by atoms with Crippen LogP contribution in [0.15, 0.2) is 60.7 Å². The van der Waals surface area contributed by atoms with Gasteiger partial charge in [0, 0.05) is 18.0 Å². The number of halogens is 1. The van der Waals surface area contributed by atoms with Gasteiger partial charge in [0.2, 0.25) is 5.91 Å². The molecule has 1 heterocycles. The molecular formula is C22H21FN2O3S. The number of ether oxygens (including phenoxy) is 1. The first-order valence-corrected chi connectivity index (χ1v) is 9.91. The third-order valence-electron chi connectivity index (χ3n) is 4.19. The van der Waals surface area contributed by atoms with Crippen LogP contribution in [0.25, 0.3) is 10.4 Å². The molecule has 5 nitrogen and oxygen atoms in total. The van der Waals surface area contributed by atoms with Crippen molar-refractivity contribution >= 4 is 23.2 Å². The Morgan fingerprint density at radius 1 is 1.00 bits per heavy atom. The molecule has 0 fully saturated rings. The van der Waals surface area contributed by atoms with E-state index in [-0.39, 0.29) is 30.6 Å². The SMILES string of the molecule is COc1cc(-c2ccccc2)sc1C(=O)NCCNC(=O)Cc1ccc(F)cc1. The Balaban J connectivity index is 1.50. The molecule has 0 saturated heterocycles. The third kappa shape index (κ3) is 5.65. The number of carbonyl (C=O) groups excluding carboxylic acids is 2. The molecule has 3 rings (SSSR count). The van der Waals surface area contributed by atoms with Gasteiger partial charge in [0.25, 0.3) is 5.91 Å². The summed E-state index contributed by atoms with van der Waals surface area (Å²) in [4.78, 5) is 25.9. The average Bonchev–Trinajstić information content (AvgIpc) is 3.18. The zero-order chi connectivity index (χ0) is 20.6. The molecular weight excluding hydrogens is 391 g/mol. The van der Waals surface area contributed by atoms with Crippen LogP contribution in [0.4, 0.5) is 4.39 Å². The molecule has 0 radical (unpaired) electrons. The lowest BCUT2D eigenvalue weighted by atomic mass is 10.1. The Kier molecular flexibility index (Phi) is 6.97. The second-order valence-corrected chi connectivity index (χ2v) is 7.34. The predicted octanol–water partition coefficient (Wildman–Crippen LogP) is 3.65. The van der Waals surface area contributed by atoms with E-state index in [0.717, 1.165) is 16.0 Å². The number of hydrogen-bond donors (Lipinski definition) is 2. The normalized spacial score (nSPS) is 10.4. The molecule has 0 spiro atoms. The van der Waals surface area contributed by atoms with Crippen LogP contribution < -0.4 is 15.4 Å². The molecule has 3 aromatic rings. The Morgan fingerprint density at radius 2 is 1.69 bits per heavy atom. The summed E-state index contributed by atoms with van der Waals surface area (Å²) in [6, 6.07) is 17.4. The molecule has 0 aliphatic carbocycles. The fourth-order valence-electron chi connectivity index (χ4n) is 2.74. The molecule has 0 atom stereocenters. The van der Waals surface area contributed by atoms with Gasteiger partial charge < -0.3 is 15.4 Å². The van der Waals surface area contributed by atoms with Crippen LogP contribution in [0.5, 0.6) is 5.75 Å². The molecule has 0 aliphatic rings. The molecule has 29 heavy (non-hydrogen) atoms. The van der Waals surface area contributed by atoms with Crippen molar-refractivity contribution in [3.8, 4) is 16.2 Å². The molecule has 2 amide bonds. The summed E-state index contributed by atoms with van der Waals surface area (Å²) in [5, 5.41) is 5.53. The summed E-state index contributed by atoms with van der Waals surface area (Å²) in [5.74, 6) is -0.254.